The Hall–Kier alpha value is -3.26. The summed E-state index contributed by atoms with van der Waals surface area (Å²) in [6.45, 7) is 6.41. The zero-order valence-electron chi connectivity index (χ0n) is 18.3. The van der Waals surface area contributed by atoms with Crippen LogP contribution in [0, 0.1) is 0 Å². The van der Waals surface area contributed by atoms with Gasteiger partial charge in [0.25, 0.3) is 11.1 Å². The van der Waals surface area contributed by atoms with E-state index >= 15 is 0 Å². The van der Waals surface area contributed by atoms with E-state index in [0.717, 1.165) is 28.6 Å². The first-order valence-corrected chi connectivity index (χ1v) is 11.3. The number of carbonyl (C=O) groups excluding carboxylic acids is 3. The van der Waals surface area contributed by atoms with Crippen LogP contribution in [0.5, 0.6) is 11.5 Å². The smallest absolute Gasteiger partial charge is 0.294 e. The number of nitrogens with zero attached hydrogens (tertiary/aromatic N) is 1. The Bertz CT molecular complexity index is 1030. The van der Waals surface area contributed by atoms with Gasteiger partial charge in [-0.1, -0.05) is 19.1 Å². The second-order valence-electron chi connectivity index (χ2n) is 6.93. The summed E-state index contributed by atoms with van der Waals surface area (Å²) < 4.78 is 11.2. The number of hydrogen-bond acceptors (Lipinski definition) is 6. The maximum atomic E-state index is 12.8. The Balaban J connectivity index is 1.72. The molecule has 168 valence electrons. The topological polar surface area (TPSA) is 84.9 Å². The van der Waals surface area contributed by atoms with Gasteiger partial charge in [0.15, 0.2) is 0 Å². The van der Waals surface area contributed by atoms with E-state index in [9.17, 15) is 14.4 Å². The molecular weight excluding hydrogens is 428 g/mol. The molecule has 1 saturated heterocycles. The minimum Gasteiger partial charge on any atom is -0.494 e. The van der Waals surface area contributed by atoms with Crippen molar-refractivity contribution < 1.29 is 23.9 Å². The zero-order chi connectivity index (χ0) is 23.1. The van der Waals surface area contributed by atoms with Gasteiger partial charge in [-0.25, -0.2) is 0 Å². The van der Waals surface area contributed by atoms with Crippen molar-refractivity contribution in [2.45, 2.75) is 27.2 Å². The summed E-state index contributed by atoms with van der Waals surface area (Å²) in [5.74, 6) is 0.269. The molecule has 1 aliphatic heterocycles. The van der Waals surface area contributed by atoms with Gasteiger partial charge in [0.2, 0.25) is 5.91 Å². The molecule has 32 heavy (non-hydrogen) atoms. The maximum Gasteiger partial charge on any atom is 0.294 e. The number of imide groups is 1. The van der Waals surface area contributed by atoms with Gasteiger partial charge in [-0.3, -0.25) is 19.3 Å². The third-order valence-corrected chi connectivity index (χ3v) is 5.61. The summed E-state index contributed by atoms with van der Waals surface area (Å²) in [6, 6.07) is 12.7. The standard InChI is InChI=1S/C24H26N2O5S/c1-4-16-7-10-18(11-8-16)25-22(27)15-26-23(28)21(32-24(26)29)13-17-9-12-19(30-5-2)14-20(17)31-6-3/h7-14H,4-6,15H2,1-3H3,(H,25,27)/b21-13+. The van der Waals surface area contributed by atoms with E-state index in [-0.39, 0.29) is 11.4 Å². The number of nitrogens with one attached hydrogen (secondary N) is 1. The molecule has 0 unspecified atom stereocenters. The highest BCUT2D eigenvalue weighted by molar-refractivity contribution is 8.18. The van der Waals surface area contributed by atoms with Crippen LogP contribution in [0.25, 0.3) is 6.08 Å². The Morgan fingerprint density at radius 3 is 2.41 bits per heavy atom. The van der Waals surface area contributed by atoms with E-state index in [1.54, 1.807) is 36.4 Å². The molecule has 2 aromatic rings. The first-order chi connectivity index (χ1) is 15.4. The van der Waals surface area contributed by atoms with Crippen LogP contribution >= 0.6 is 11.8 Å². The highest BCUT2D eigenvalue weighted by atomic mass is 32.2. The monoisotopic (exact) mass is 454 g/mol. The summed E-state index contributed by atoms with van der Waals surface area (Å²) in [5.41, 5.74) is 2.42. The third-order valence-electron chi connectivity index (χ3n) is 4.70. The highest BCUT2D eigenvalue weighted by Gasteiger charge is 2.36. The van der Waals surface area contributed by atoms with Crippen molar-refractivity contribution in [3.63, 3.8) is 0 Å². The van der Waals surface area contributed by atoms with Crippen molar-refractivity contribution in [2.75, 3.05) is 25.1 Å². The zero-order valence-corrected chi connectivity index (χ0v) is 19.2. The molecule has 0 saturated carbocycles. The number of rotatable bonds is 9. The van der Waals surface area contributed by atoms with E-state index in [1.165, 1.54) is 0 Å². The van der Waals surface area contributed by atoms with Crippen LogP contribution in [0.15, 0.2) is 47.4 Å². The molecule has 3 amide bonds. The van der Waals surface area contributed by atoms with Gasteiger partial charge >= 0.3 is 0 Å². The van der Waals surface area contributed by atoms with Crippen LogP contribution in [-0.2, 0) is 16.0 Å². The molecule has 0 atom stereocenters. The molecule has 0 spiro atoms. The Morgan fingerprint density at radius 1 is 1.03 bits per heavy atom. The molecule has 7 nitrogen and oxygen atoms in total. The third kappa shape index (κ3) is 5.70. The van der Waals surface area contributed by atoms with Gasteiger partial charge in [0.05, 0.1) is 18.1 Å². The van der Waals surface area contributed by atoms with E-state index in [0.29, 0.717) is 36.0 Å². The van der Waals surface area contributed by atoms with Gasteiger partial charge in [-0.2, -0.15) is 0 Å². The lowest BCUT2D eigenvalue weighted by Gasteiger charge is -2.13. The number of hydrogen-bond donors (Lipinski definition) is 1. The highest BCUT2D eigenvalue weighted by Crippen LogP contribution is 2.35. The minimum atomic E-state index is -0.507. The first kappa shape index (κ1) is 23.4. The van der Waals surface area contributed by atoms with Crippen molar-refractivity contribution in [1.82, 2.24) is 4.90 Å². The molecule has 0 radical (unpaired) electrons. The molecule has 3 rings (SSSR count). The van der Waals surface area contributed by atoms with Gasteiger partial charge in [-0.05, 0) is 67.9 Å². The lowest BCUT2D eigenvalue weighted by Crippen LogP contribution is -2.36. The van der Waals surface area contributed by atoms with Crippen LogP contribution in [0.2, 0.25) is 0 Å². The molecule has 1 fully saturated rings. The predicted molar refractivity (Wildman–Crippen MR) is 126 cm³/mol. The van der Waals surface area contributed by atoms with Crippen LogP contribution in [0.3, 0.4) is 0 Å². The van der Waals surface area contributed by atoms with Crippen molar-refractivity contribution in [1.29, 1.82) is 0 Å². The normalized spacial score (nSPS) is 14.7. The lowest BCUT2D eigenvalue weighted by atomic mass is 10.1. The predicted octanol–water partition coefficient (Wildman–Crippen LogP) is 4.72. The van der Waals surface area contributed by atoms with E-state index in [2.05, 4.69) is 5.32 Å². The van der Waals surface area contributed by atoms with Crippen LogP contribution in [-0.4, -0.2) is 41.7 Å². The Labute approximate surface area is 191 Å². The fraction of sp³-hybridized carbons (Fsp3) is 0.292. The number of carbonyl (C=O) groups is 3. The molecule has 1 aliphatic rings. The Kier molecular flexibility index (Phi) is 7.94. The summed E-state index contributed by atoms with van der Waals surface area (Å²) in [7, 11) is 0. The van der Waals surface area contributed by atoms with E-state index in [1.807, 2.05) is 32.9 Å². The molecule has 0 bridgehead atoms. The fourth-order valence-electron chi connectivity index (χ4n) is 3.12. The molecule has 1 heterocycles. The second-order valence-corrected chi connectivity index (χ2v) is 7.93. The average molecular weight is 455 g/mol. The number of anilines is 1. The largest absolute Gasteiger partial charge is 0.494 e. The van der Waals surface area contributed by atoms with E-state index in [4.69, 9.17) is 9.47 Å². The quantitative estimate of drug-likeness (QED) is 0.552. The van der Waals surface area contributed by atoms with Gasteiger partial charge in [0.1, 0.15) is 18.0 Å². The molecule has 8 heteroatoms. The first-order valence-electron chi connectivity index (χ1n) is 10.5. The molecular formula is C24H26N2O5S. The lowest BCUT2D eigenvalue weighted by molar-refractivity contribution is -0.127. The summed E-state index contributed by atoms with van der Waals surface area (Å²) in [4.78, 5) is 38.8. The number of benzene rings is 2. The summed E-state index contributed by atoms with van der Waals surface area (Å²) >= 11 is 0.803. The molecule has 0 aliphatic carbocycles. The van der Waals surface area contributed by atoms with Crippen molar-refractivity contribution >= 4 is 40.6 Å². The van der Waals surface area contributed by atoms with Crippen LogP contribution < -0.4 is 14.8 Å². The summed E-state index contributed by atoms with van der Waals surface area (Å²) in [6.07, 6.45) is 2.50. The summed E-state index contributed by atoms with van der Waals surface area (Å²) in [5, 5.41) is 2.24. The van der Waals surface area contributed by atoms with Crippen molar-refractivity contribution in [3.8, 4) is 11.5 Å². The number of amides is 3. The van der Waals surface area contributed by atoms with Crippen LogP contribution in [0.1, 0.15) is 31.9 Å². The SMILES string of the molecule is CCOc1ccc(/C=C2/SC(=O)N(CC(=O)Nc3ccc(CC)cc3)C2=O)c(OCC)c1. The van der Waals surface area contributed by atoms with Gasteiger partial charge in [0, 0.05) is 17.3 Å². The molecule has 1 N–H and O–H groups in total. The molecule has 2 aromatic carbocycles. The average Bonchev–Trinajstić information content (AvgIpc) is 3.03. The number of thioether (sulfide) groups is 1. The van der Waals surface area contributed by atoms with Crippen molar-refractivity contribution in [3.05, 3.63) is 58.5 Å². The minimum absolute atomic E-state index is 0.236. The maximum absolute atomic E-state index is 12.8. The van der Waals surface area contributed by atoms with Gasteiger partial charge < -0.3 is 14.8 Å². The number of ether oxygens (including phenoxy) is 2. The number of aryl methyl sites for hydroxylation is 1. The van der Waals surface area contributed by atoms with Crippen LogP contribution in [0.4, 0.5) is 10.5 Å². The Morgan fingerprint density at radius 2 is 1.75 bits per heavy atom. The van der Waals surface area contributed by atoms with Crippen molar-refractivity contribution in [2.24, 2.45) is 0 Å². The van der Waals surface area contributed by atoms with Gasteiger partial charge in [-0.15, -0.1) is 0 Å². The van der Waals surface area contributed by atoms with E-state index < -0.39 is 17.1 Å². The second kappa shape index (κ2) is 10.9. The molecule has 0 aromatic heterocycles. The fourth-order valence-corrected chi connectivity index (χ4v) is 3.95.